The number of ether oxygens (including phenoxy) is 1. The van der Waals surface area contributed by atoms with Gasteiger partial charge in [0, 0.05) is 17.4 Å². The van der Waals surface area contributed by atoms with Crippen LogP contribution in [-0.4, -0.2) is 35.8 Å². The zero-order valence-electron chi connectivity index (χ0n) is 10.5. The summed E-state index contributed by atoms with van der Waals surface area (Å²) in [6.07, 6.45) is 0.369. The molecule has 0 heterocycles. The van der Waals surface area contributed by atoms with Gasteiger partial charge in [-0.05, 0) is 11.5 Å². The molecule has 0 saturated heterocycles. The number of carbonyl (C=O) groups is 1. The Labute approximate surface area is 111 Å². The molecule has 0 saturated carbocycles. The summed E-state index contributed by atoms with van der Waals surface area (Å²) >= 11 is 0. The predicted octanol–water partition coefficient (Wildman–Crippen LogP) is 1.77. The fraction of sp³-hybridized carbons (Fsp3) is 0.267. The minimum absolute atomic E-state index is 0.279. The van der Waals surface area contributed by atoms with E-state index in [1.54, 1.807) is 12.1 Å². The Balaban J connectivity index is 2.25. The second-order valence-electron chi connectivity index (χ2n) is 4.29. The molecule has 2 aromatic rings. The first-order chi connectivity index (χ1) is 9.26. The van der Waals surface area contributed by atoms with Gasteiger partial charge < -0.3 is 14.9 Å². The molecule has 0 amide bonds. The molecule has 0 spiro atoms. The minimum Gasteiger partial charge on any atom is -0.493 e. The molecule has 4 heteroatoms. The van der Waals surface area contributed by atoms with E-state index < -0.39 is 6.10 Å². The molecule has 0 aliphatic heterocycles. The average molecular weight is 260 g/mol. The lowest BCUT2D eigenvalue weighted by Crippen LogP contribution is -2.15. The van der Waals surface area contributed by atoms with Gasteiger partial charge in [-0.2, -0.15) is 0 Å². The Hall–Kier alpha value is -1.91. The minimum atomic E-state index is -0.777. The van der Waals surface area contributed by atoms with Crippen molar-refractivity contribution in [2.45, 2.75) is 12.5 Å². The number of aldehydes is 1. The zero-order chi connectivity index (χ0) is 13.7. The molecule has 0 fully saturated rings. The molecule has 0 radical (unpaired) electrons. The lowest BCUT2D eigenvalue weighted by atomic mass is 10.0. The molecule has 19 heavy (non-hydrogen) atoms. The van der Waals surface area contributed by atoms with Crippen molar-refractivity contribution >= 4 is 17.1 Å². The maximum absolute atomic E-state index is 11.1. The lowest BCUT2D eigenvalue weighted by Gasteiger charge is -2.12. The van der Waals surface area contributed by atoms with E-state index in [2.05, 4.69) is 0 Å². The number of benzene rings is 2. The highest BCUT2D eigenvalue weighted by Gasteiger charge is 2.08. The fourth-order valence-corrected chi connectivity index (χ4v) is 1.95. The standard InChI is InChI=1S/C15H16O4/c16-9-12-5-1-3-11-4-2-6-14(15(11)12)19-8-7-13(18)10-17/h1-6,9,13,17-18H,7-8,10H2. The van der Waals surface area contributed by atoms with Crippen LogP contribution in [0.3, 0.4) is 0 Å². The number of hydrogen-bond acceptors (Lipinski definition) is 4. The Morgan fingerprint density at radius 2 is 1.95 bits per heavy atom. The SMILES string of the molecule is O=Cc1cccc2cccc(OCCC(O)CO)c12. The Morgan fingerprint density at radius 1 is 1.21 bits per heavy atom. The summed E-state index contributed by atoms with van der Waals surface area (Å²) in [6, 6.07) is 11.0. The summed E-state index contributed by atoms with van der Waals surface area (Å²) in [5, 5.41) is 19.7. The molecule has 1 atom stereocenters. The molecule has 2 aromatic carbocycles. The maximum Gasteiger partial charge on any atom is 0.150 e. The summed E-state index contributed by atoms with van der Waals surface area (Å²) in [5.41, 5.74) is 0.579. The fourth-order valence-electron chi connectivity index (χ4n) is 1.95. The van der Waals surface area contributed by atoms with Crippen molar-refractivity contribution in [2.24, 2.45) is 0 Å². The van der Waals surface area contributed by atoms with E-state index in [0.717, 1.165) is 17.1 Å². The number of fused-ring (bicyclic) bond motifs is 1. The molecular weight excluding hydrogens is 244 g/mol. The van der Waals surface area contributed by atoms with Crippen LogP contribution in [0, 0.1) is 0 Å². The number of aliphatic hydroxyl groups excluding tert-OH is 2. The van der Waals surface area contributed by atoms with Crippen LogP contribution in [0.15, 0.2) is 36.4 Å². The topological polar surface area (TPSA) is 66.8 Å². The summed E-state index contributed by atoms with van der Waals surface area (Å²) in [7, 11) is 0. The largest absolute Gasteiger partial charge is 0.493 e. The van der Waals surface area contributed by atoms with Crippen molar-refractivity contribution in [1.29, 1.82) is 0 Å². The van der Waals surface area contributed by atoms with Crippen LogP contribution in [0.2, 0.25) is 0 Å². The molecule has 2 N–H and O–H groups in total. The third-order valence-corrected chi connectivity index (χ3v) is 2.95. The van der Waals surface area contributed by atoms with E-state index in [1.165, 1.54) is 0 Å². The van der Waals surface area contributed by atoms with E-state index in [1.807, 2.05) is 24.3 Å². The van der Waals surface area contributed by atoms with Crippen LogP contribution in [0.25, 0.3) is 10.8 Å². The lowest BCUT2D eigenvalue weighted by molar-refractivity contribution is 0.0756. The summed E-state index contributed by atoms with van der Waals surface area (Å²) in [6.45, 7) is 0.00646. The first kappa shape index (κ1) is 13.5. The van der Waals surface area contributed by atoms with E-state index in [9.17, 15) is 9.90 Å². The molecular formula is C15H16O4. The third kappa shape index (κ3) is 3.10. The molecule has 0 aromatic heterocycles. The van der Waals surface area contributed by atoms with Gasteiger partial charge in [0.25, 0.3) is 0 Å². The molecule has 0 bridgehead atoms. The summed E-state index contributed by atoms with van der Waals surface area (Å²) < 4.78 is 5.60. The van der Waals surface area contributed by atoms with Gasteiger partial charge >= 0.3 is 0 Å². The smallest absolute Gasteiger partial charge is 0.150 e. The molecule has 0 aliphatic rings. The number of rotatable bonds is 6. The van der Waals surface area contributed by atoms with Crippen molar-refractivity contribution in [2.75, 3.05) is 13.2 Å². The van der Waals surface area contributed by atoms with Gasteiger partial charge in [-0.25, -0.2) is 0 Å². The molecule has 4 nitrogen and oxygen atoms in total. The number of hydrogen-bond donors (Lipinski definition) is 2. The first-order valence-electron chi connectivity index (χ1n) is 6.15. The Bertz CT molecular complexity index is 560. The van der Waals surface area contributed by atoms with Crippen molar-refractivity contribution in [3.05, 3.63) is 42.0 Å². The monoisotopic (exact) mass is 260 g/mol. The van der Waals surface area contributed by atoms with Crippen LogP contribution < -0.4 is 4.74 Å². The second kappa shape index (κ2) is 6.31. The van der Waals surface area contributed by atoms with Crippen LogP contribution in [0.4, 0.5) is 0 Å². The van der Waals surface area contributed by atoms with Crippen LogP contribution in [0.5, 0.6) is 5.75 Å². The molecule has 1 unspecified atom stereocenters. The number of aliphatic hydroxyl groups is 2. The zero-order valence-corrected chi connectivity index (χ0v) is 10.5. The summed E-state index contributed by atoms with van der Waals surface area (Å²) in [4.78, 5) is 11.1. The van der Waals surface area contributed by atoms with Gasteiger partial charge in [-0.3, -0.25) is 4.79 Å². The Morgan fingerprint density at radius 3 is 2.63 bits per heavy atom. The van der Waals surface area contributed by atoms with E-state index in [4.69, 9.17) is 9.84 Å². The predicted molar refractivity (Wildman–Crippen MR) is 72.5 cm³/mol. The third-order valence-electron chi connectivity index (χ3n) is 2.95. The second-order valence-corrected chi connectivity index (χ2v) is 4.29. The number of carbonyl (C=O) groups excluding carboxylic acids is 1. The van der Waals surface area contributed by atoms with Gasteiger partial charge in [0.1, 0.15) is 5.75 Å². The van der Waals surface area contributed by atoms with E-state index in [-0.39, 0.29) is 13.2 Å². The van der Waals surface area contributed by atoms with Crippen molar-refractivity contribution in [3.8, 4) is 5.75 Å². The average Bonchev–Trinajstić information content (AvgIpc) is 2.46. The van der Waals surface area contributed by atoms with Crippen molar-refractivity contribution < 1.29 is 19.7 Å². The molecule has 2 rings (SSSR count). The summed E-state index contributed by atoms with van der Waals surface area (Å²) in [5.74, 6) is 0.616. The van der Waals surface area contributed by atoms with E-state index >= 15 is 0 Å². The normalized spacial score (nSPS) is 12.3. The van der Waals surface area contributed by atoms with E-state index in [0.29, 0.717) is 17.7 Å². The quantitative estimate of drug-likeness (QED) is 0.777. The first-order valence-corrected chi connectivity index (χ1v) is 6.15. The van der Waals surface area contributed by atoms with Gasteiger partial charge in [-0.1, -0.05) is 30.3 Å². The highest BCUT2D eigenvalue weighted by Crippen LogP contribution is 2.28. The van der Waals surface area contributed by atoms with Crippen LogP contribution in [0.1, 0.15) is 16.8 Å². The van der Waals surface area contributed by atoms with Gasteiger partial charge in [0.2, 0.25) is 0 Å². The molecule has 100 valence electrons. The van der Waals surface area contributed by atoms with Crippen LogP contribution >= 0.6 is 0 Å². The highest BCUT2D eigenvalue weighted by atomic mass is 16.5. The maximum atomic E-state index is 11.1. The molecule has 0 aliphatic carbocycles. The van der Waals surface area contributed by atoms with Crippen molar-refractivity contribution in [1.82, 2.24) is 0 Å². The van der Waals surface area contributed by atoms with Crippen molar-refractivity contribution in [3.63, 3.8) is 0 Å². The van der Waals surface area contributed by atoms with Gasteiger partial charge in [0.05, 0.1) is 19.3 Å². The van der Waals surface area contributed by atoms with Crippen LogP contribution in [-0.2, 0) is 0 Å². The van der Waals surface area contributed by atoms with Gasteiger partial charge in [-0.15, -0.1) is 0 Å². The van der Waals surface area contributed by atoms with Gasteiger partial charge in [0.15, 0.2) is 6.29 Å². The highest BCUT2D eigenvalue weighted by molar-refractivity contribution is 6.01. The Kier molecular flexibility index (Phi) is 4.49.